The summed E-state index contributed by atoms with van der Waals surface area (Å²) in [6, 6.07) is 8.02. The van der Waals surface area contributed by atoms with Crippen molar-refractivity contribution in [3.8, 4) is 0 Å². The van der Waals surface area contributed by atoms with Gasteiger partial charge in [-0.2, -0.15) is 0 Å². The van der Waals surface area contributed by atoms with E-state index in [9.17, 15) is 13.2 Å². The number of unbranched alkanes of at least 4 members (excludes halogenated alkanes) is 2. The molecule has 0 bridgehead atoms. The Bertz CT molecular complexity index is 775. The van der Waals surface area contributed by atoms with Crippen molar-refractivity contribution in [3.63, 3.8) is 0 Å². The van der Waals surface area contributed by atoms with Crippen LogP contribution in [0.25, 0.3) is 5.57 Å². The summed E-state index contributed by atoms with van der Waals surface area (Å²) in [5.41, 5.74) is 3.34. The number of halogens is 3. The number of benzene rings is 2. The van der Waals surface area contributed by atoms with Crippen molar-refractivity contribution in [3.05, 3.63) is 76.1 Å². The third-order valence-corrected chi connectivity index (χ3v) is 4.68. The summed E-state index contributed by atoms with van der Waals surface area (Å²) in [6.45, 7) is 2.08. The van der Waals surface area contributed by atoms with Crippen LogP contribution >= 0.6 is 0 Å². The van der Waals surface area contributed by atoms with Gasteiger partial charge in [-0.25, -0.2) is 13.2 Å². The number of fused-ring (bicyclic) bond motifs is 1. The molecular formula is C21H21F3. The molecule has 24 heavy (non-hydrogen) atoms. The fraction of sp³-hybridized carbons (Fsp3) is 0.333. The molecule has 2 aromatic carbocycles. The number of hydrogen-bond donors (Lipinski definition) is 0. The van der Waals surface area contributed by atoms with E-state index >= 15 is 0 Å². The van der Waals surface area contributed by atoms with Crippen molar-refractivity contribution in [1.82, 2.24) is 0 Å². The molecule has 0 atom stereocenters. The predicted molar refractivity (Wildman–Crippen MR) is 91.4 cm³/mol. The van der Waals surface area contributed by atoms with Crippen LogP contribution in [-0.4, -0.2) is 0 Å². The van der Waals surface area contributed by atoms with Gasteiger partial charge in [-0.1, -0.05) is 44.0 Å². The molecule has 2 aromatic rings. The molecule has 126 valence electrons. The Labute approximate surface area is 141 Å². The summed E-state index contributed by atoms with van der Waals surface area (Å²) in [6.07, 6.45) is 6.44. The van der Waals surface area contributed by atoms with Crippen LogP contribution in [0.2, 0.25) is 0 Å². The van der Waals surface area contributed by atoms with E-state index in [1.165, 1.54) is 12.1 Å². The molecule has 1 aliphatic rings. The Morgan fingerprint density at radius 3 is 2.54 bits per heavy atom. The number of allylic oxidation sites excluding steroid dienone is 2. The van der Waals surface area contributed by atoms with Crippen molar-refractivity contribution in [2.24, 2.45) is 0 Å². The average Bonchev–Trinajstić information content (AvgIpc) is 2.58. The zero-order valence-corrected chi connectivity index (χ0v) is 13.8. The van der Waals surface area contributed by atoms with E-state index in [1.807, 2.05) is 6.08 Å². The zero-order chi connectivity index (χ0) is 17.1. The van der Waals surface area contributed by atoms with E-state index in [-0.39, 0.29) is 5.82 Å². The molecule has 1 aliphatic carbocycles. The molecule has 0 amide bonds. The van der Waals surface area contributed by atoms with Gasteiger partial charge in [0.25, 0.3) is 0 Å². The van der Waals surface area contributed by atoms with Crippen molar-refractivity contribution in [2.45, 2.75) is 45.4 Å². The van der Waals surface area contributed by atoms with E-state index in [0.29, 0.717) is 30.4 Å². The maximum atomic E-state index is 14.5. The van der Waals surface area contributed by atoms with Crippen LogP contribution in [0, 0.1) is 17.5 Å². The highest BCUT2D eigenvalue weighted by Crippen LogP contribution is 2.31. The Morgan fingerprint density at radius 1 is 0.917 bits per heavy atom. The topological polar surface area (TPSA) is 0 Å². The quantitative estimate of drug-likeness (QED) is 0.588. The maximum Gasteiger partial charge on any atom is 0.166 e. The lowest BCUT2D eigenvalue weighted by Gasteiger charge is -2.18. The SMILES string of the molecule is CCCCCc1ccc(C2=CCc3ccc(F)cc3C2)c(F)c1F. The second-order valence-electron chi connectivity index (χ2n) is 6.38. The van der Waals surface area contributed by atoms with Gasteiger partial charge in [-0.3, -0.25) is 0 Å². The molecule has 0 fully saturated rings. The molecule has 3 heteroatoms. The molecule has 0 spiro atoms. The van der Waals surface area contributed by atoms with Crippen molar-refractivity contribution in [2.75, 3.05) is 0 Å². The minimum Gasteiger partial charge on any atom is -0.207 e. The van der Waals surface area contributed by atoms with Crippen LogP contribution in [-0.2, 0) is 19.3 Å². The van der Waals surface area contributed by atoms with E-state index in [0.717, 1.165) is 36.0 Å². The summed E-state index contributed by atoms with van der Waals surface area (Å²) in [5, 5.41) is 0. The van der Waals surface area contributed by atoms with Crippen molar-refractivity contribution < 1.29 is 13.2 Å². The van der Waals surface area contributed by atoms with Gasteiger partial charge >= 0.3 is 0 Å². The van der Waals surface area contributed by atoms with Crippen LogP contribution in [0.4, 0.5) is 13.2 Å². The lowest BCUT2D eigenvalue weighted by atomic mass is 9.87. The van der Waals surface area contributed by atoms with Gasteiger partial charge in [-0.05, 0) is 60.1 Å². The first kappa shape index (κ1) is 16.8. The molecule has 0 aliphatic heterocycles. The van der Waals surface area contributed by atoms with Crippen LogP contribution in [0.1, 0.15) is 48.4 Å². The number of aryl methyl sites for hydroxylation is 1. The van der Waals surface area contributed by atoms with Crippen molar-refractivity contribution >= 4 is 5.57 Å². The Balaban J connectivity index is 1.85. The largest absolute Gasteiger partial charge is 0.207 e. The minimum absolute atomic E-state index is 0.293. The Kier molecular flexibility index (Phi) is 5.08. The summed E-state index contributed by atoms with van der Waals surface area (Å²) in [7, 11) is 0. The standard InChI is InChI=1S/C21H21F3/c1-2-3-4-5-15-9-11-19(21(24)20(15)23)16-7-6-14-8-10-18(22)13-17(14)12-16/h7-11,13H,2-6,12H2,1H3. The lowest BCUT2D eigenvalue weighted by molar-refractivity contribution is 0.493. The van der Waals surface area contributed by atoms with Crippen LogP contribution in [0.5, 0.6) is 0 Å². The van der Waals surface area contributed by atoms with Gasteiger partial charge in [0.05, 0.1) is 0 Å². The van der Waals surface area contributed by atoms with E-state index in [4.69, 9.17) is 0 Å². The normalized spacial score (nSPS) is 13.6. The van der Waals surface area contributed by atoms with E-state index in [2.05, 4.69) is 6.92 Å². The summed E-state index contributed by atoms with van der Waals surface area (Å²) in [5.74, 6) is -1.82. The van der Waals surface area contributed by atoms with Crippen LogP contribution in [0.3, 0.4) is 0 Å². The molecule has 0 saturated heterocycles. The highest BCUT2D eigenvalue weighted by atomic mass is 19.2. The fourth-order valence-corrected chi connectivity index (χ4v) is 3.27. The molecule has 0 unspecified atom stereocenters. The first-order chi connectivity index (χ1) is 11.6. The van der Waals surface area contributed by atoms with Gasteiger partial charge in [0.15, 0.2) is 11.6 Å². The zero-order valence-electron chi connectivity index (χ0n) is 13.8. The van der Waals surface area contributed by atoms with Crippen molar-refractivity contribution in [1.29, 1.82) is 0 Å². The highest BCUT2D eigenvalue weighted by Gasteiger charge is 2.19. The highest BCUT2D eigenvalue weighted by molar-refractivity contribution is 5.71. The smallest absolute Gasteiger partial charge is 0.166 e. The Hall–Kier alpha value is -2.03. The van der Waals surface area contributed by atoms with Gasteiger partial charge < -0.3 is 0 Å². The molecule has 0 aromatic heterocycles. The third-order valence-electron chi connectivity index (χ3n) is 4.68. The Morgan fingerprint density at radius 2 is 1.75 bits per heavy atom. The van der Waals surface area contributed by atoms with Gasteiger partial charge in [0, 0.05) is 5.56 Å². The minimum atomic E-state index is -0.782. The summed E-state index contributed by atoms with van der Waals surface area (Å²) >= 11 is 0. The second kappa shape index (κ2) is 7.25. The molecule has 0 heterocycles. The van der Waals surface area contributed by atoms with E-state index in [1.54, 1.807) is 18.2 Å². The van der Waals surface area contributed by atoms with Gasteiger partial charge in [-0.15, -0.1) is 0 Å². The lowest BCUT2D eigenvalue weighted by Crippen LogP contribution is -2.06. The summed E-state index contributed by atoms with van der Waals surface area (Å²) in [4.78, 5) is 0. The number of hydrogen-bond acceptors (Lipinski definition) is 0. The molecular weight excluding hydrogens is 309 g/mol. The third kappa shape index (κ3) is 3.40. The first-order valence-electron chi connectivity index (χ1n) is 8.53. The maximum absolute atomic E-state index is 14.5. The summed E-state index contributed by atoms with van der Waals surface area (Å²) < 4.78 is 42.3. The molecule has 0 nitrogen and oxygen atoms in total. The molecule has 3 rings (SSSR count). The van der Waals surface area contributed by atoms with Gasteiger partial charge in [0.1, 0.15) is 5.82 Å². The van der Waals surface area contributed by atoms with Gasteiger partial charge in [0.2, 0.25) is 0 Å². The van der Waals surface area contributed by atoms with E-state index < -0.39 is 11.6 Å². The number of rotatable bonds is 5. The van der Waals surface area contributed by atoms with Crippen LogP contribution < -0.4 is 0 Å². The fourth-order valence-electron chi connectivity index (χ4n) is 3.27. The first-order valence-corrected chi connectivity index (χ1v) is 8.53. The van der Waals surface area contributed by atoms with Crippen LogP contribution in [0.15, 0.2) is 36.4 Å². The average molecular weight is 330 g/mol. The molecule has 0 N–H and O–H groups in total. The molecule has 0 saturated carbocycles. The predicted octanol–water partition coefficient (Wildman–Crippen LogP) is 6.02. The monoisotopic (exact) mass is 330 g/mol. The second-order valence-corrected chi connectivity index (χ2v) is 6.38. The molecule has 0 radical (unpaired) electrons.